The van der Waals surface area contributed by atoms with Crippen LogP contribution in [0.2, 0.25) is 0 Å². The zero-order valence-electron chi connectivity index (χ0n) is 10.3. The van der Waals surface area contributed by atoms with E-state index in [1.807, 2.05) is 0 Å². The van der Waals surface area contributed by atoms with Gasteiger partial charge >= 0.3 is 5.69 Å². The first-order valence-electron chi connectivity index (χ1n) is 5.76. The molecule has 0 aliphatic carbocycles. The Morgan fingerprint density at radius 2 is 2.32 bits per heavy atom. The molecule has 7 heteroatoms. The van der Waals surface area contributed by atoms with Gasteiger partial charge in [0.25, 0.3) is 5.56 Å². The van der Waals surface area contributed by atoms with Crippen molar-refractivity contribution >= 4 is 0 Å². The third kappa shape index (κ3) is 2.61. The van der Waals surface area contributed by atoms with E-state index in [1.54, 1.807) is 6.92 Å². The summed E-state index contributed by atoms with van der Waals surface area (Å²) in [5.41, 5.74) is -1.10. The van der Waals surface area contributed by atoms with Crippen molar-refractivity contribution in [3.05, 3.63) is 32.6 Å². The van der Waals surface area contributed by atoms with Crippen LogP contribution in [0.4, 0.5) is 0 Å². The largest absolute Gasteiger partial charge is 0.390 e. The summed E-state index contributed by atoms with van der Waals surface area (Å²) in [6, 6.07) is 0. The second-order valence-corrected chi connectivity index (χ2v) is 4.18. The molecule has 7 nitrogen and oxygen atoms in total. The molecule has 1 fully saturated rings. The molecule has 1 aromatic rings. The van der Waals surface area contributed by atoms with Crippen LogP contribution in [0.5, 0.6) is 0 Å². The summed E-state index contributed by atoms with van der Waals surface area (Å²) < 4.78 is 6.43. The van der Waals surface area contributed by atoms with Gasteiger partial charge in [0.05, 0.1) is 6.10 Å². The number of H-pyrrole nitrogens is 1. The summed E-state index contributed by atoms with van der Waals surface area (Å²) in [6.45, 7) is 0.982. The fraction of sp³-hybridized carbons (Fsp3) is 0.500. The van der Waals surface area contributed by atoms with Gasteiger partial charge in [0.15, 0.2) is 0 Å². The number of rotatable bonds is 2. The second-order valence-electron chi connectivity index (χ2n) is 4.18. The lowest BCUT2D eigenvalue weighted by molar-refractivity contribution is -0.0599. The molecule has 1 aliphatic heterocycles. The summed E-state index contributed by atoms with van der Waals surface area (Å²) in [4.78, 5) is 25.3. The van der Waals surface area contributed by atoms with Crippen molar-refractivity contribution in [2.45, 2.75) is 31.8 Å². The first kappa shape index (κ1) is 13.5. The van der Waals surface area contributed by atoms with Crippen LogP contribution in [0, 0.1) is 11.8 Å². The molecule has 0 unspecified atom stereocenters. The quantitative estimate of drug-likeness (QED) is 0.668. The highest BCUT2D eigenvalue weighted by Crippen LogP contribution is 2.27. The molecule has 0 spiro atoms. The van der Waals surface area contributed by atoms with E-state index in [1.165, 1.54) is 6.20 Å². The number of aromatic nitrogens is 2. The molecule has 2 N–H and O–H groups in total. The van der Waals surface area contributed by atoms with Gasteiger partial charge in [-0.15, -0.1) is 5.92 Å². The van der Waals surface area contributed by atoms with Crippen molar-refractivity contribution in [1.29, 1.82) is 0 Å². The zero-order valence-corrected chi connectivity index (χ0v) is 10.3. The number of aliphatic hydroxyl groups excluding tert-OH is 1. The van der Waals surface area contributed by atoms with E-state index in [9.17, 15) is 19.8 Å². The molecule has 1 aliphatic rings. The Kier molecular flexibility index (Phi) is 3.85. The minimum Gasteiger partial charge on any atom is -0.390 e. The van der Waals surface area contributed by atoms with Crippen molar-refractivity contribution in [2.75, 3.05) is 6.61 Å². The highest BCUT2D eigenvalue weighted by Gasteiger charge is 2.35. The van der Waals surface area contributed by atoms with Crippen LogP contribution in [0.1, 0.15) is 25.1 Å². The molecule has 101 valence electrons. The molecule has 0 aromatic carbocycles. The third-order valence-electron chi connectivity index (χ3n) is 2.91. The number of nitrogens with zero attached hydrogens (tertiary/aromatic N) is 1. The number of hydrogen-bond acceptors (Lipinski definition) is 4. The van der Waals surface area contributed by atoms with Gasteiger partial charge in [-0.25, -0.2) is 9.90 Å². The van der Waals surface area contributed by atoms with E-state index in [-0.39, 0.29) is 12.0 Å². The Labute approximate surface area is 108 Å². The van der Waals surface area contributed by atoms with E-state index in [0.717, 1.165) is 4.57 Å². The summed E-state index contributed by atoms with van der Waals surface area (Å²) >= 11 is 0. The van der Waals surface area contributed by atoms with Crippen LogP contribution in [0.15, 0.2) is 15.8 Å². The van der Waals surface area contributed by atoms with Gasteiger partial charge in [-0.3, -0.25) is 14.3 Å². The van der Waals surface area contributed by atoms with Gasteiger partial charge < -0.3 is 9.84 Å². The topological polar surface area (TPSA) is 104 Å². The van der Waals surface area contributed by atoms with E-state index < -0.39 is 36.3 Å². The summed E-state index contributed by atoms with van der Waals surface area (Å²) in [6.07, 6.45) is -1.12. The molecule has 2 rings (SSSR count). The molecule has 1 saturated heterocycles. The number of ether oxygens (including phenoxy) is 1. The van der Waals surface area contributed by atoms with Crippen molar-refractivity contribution in [3.63, 3.8) is 0 Å². The maximum absolute atomic E-state index is 11.7. The highest BCUT2D eigenvalue weighted by atomic mass is 16.5. The van der Waals surface area contributed by atoms with Gasteiger partial charge in [-0.2, -0.15) is 0 Å². The molecular weight excluding hydrogens is 252 g/mol. The van der Waals surface area contributed by atoms with Crippen LogP contribution in [-0.4, -0.2) is 33.5 Å². The predicted octanol–water partition coefficient (Wildman–Crippen LogP) is -1.01. The Bertz CT molecular complexity index is 636. The fourth-order valence-electron chi connectivity index (χ4n) is 1.96. The summed E-state index contributed by atoms with van der Waals surface area (Å²) in [5.74, 6) is 5.14. The van der Waals surface area contributed by atoms with Crippen molar-refractivity contribution in [1.82, 2.24) is 9.55 Å². The van der Waals surface area contributed by atoms with Gasteiger partial charge in [0.2, 0.25) is 0 Å². The first-order valence-corrected chi connectivity index (χ1v) is 5.76. The van der Waals surface area contributed by atoms with Gasteiger partial charge in [-0.05, 0) is 6.92 Å². The highest BCUT2D eigenvalue weighted by molar-refractivity contribution is 5.28. The minimum absolute atomic E-state index is 0.123. The first-order chi connectivity index (χ1) is 9.06. The van der Waals surface area contributed by atoms with Crippen molar-refractivity contribution < 1.29 is 14.9 Å². The summed E-state index contributed by atoms with van der Waals surface area (Å²) in [5, 5.41) is 20.4. The molecule has 19 heavy (non-hydrogen) atoms. The normalized spacial score (nSPS) is 25.9. The third-order valence-corrected chi connectivity index (χ3v) is 2.91. The number of hydrogen-bond donors (Lipinski definition) is 2. The van der Waals surface area contributed by atoms with Crippen LogP contribution in [0.3, 0.4) is 0 Å². The Morgan fingerprint density at radius 3 is 2.89 bits per heavy atom. The maximum Gasteiger partial charge on any atom is 0.330 e. The molecular formula is C12H13N2O5. The average Bonchev–Trinajstić information content (AvgIpc) is 2.74. The fourth-order valence-corrected chi connectivity index (χ4v) is 1.96. The SMILES string of the molecule is CC#Cc1cn([C@H]2C[C@H](O)[C@@H](C[O])O2)c(=O)[nH]c1=O. The van der Waals surface area contributed by atoms with Crippen LogP contribution < -0.4 is 11.2 Å². The minimum atomic E-state index is -0.915. The van der Waals surface area contributed by atoms with E-state index in [2.05, 4.69) is 16.8 Å². The maximum atomic E-state index is 11.7. The number of nitrogens with one attached hydrogen (secondary N) is 1. The lowest BCUT2D eigenvalue weighted by atomic mass is 10.2. The standard InChI is InChI=1S/C12H13N2O5/c1-2-3-7-5-14(12(18)13-11(7)17)10-4-8(16)9(6-15)19-10/h5,8-10,16H,4,6H2,1H3,(H,13,17,18)/t8-,9+,10+/m0/s1. The smallest absolute Gasteiger partial charge is 0.330 e. The Morgan fingerprint density at radius 1 is 1.58 bits per heavy atom. The van der Waals surface area contributed by atoms with Gasteiger partial charge in [0, 0.05) is 12.6 Å². The molecule has 0 amide bonds. The molecule has 0 saturated carbocycles. The molecule has 3 atom stereocenters. The Balaban J connectivity index is 2.40. The van der Waals surface area contributed by atoms with Crippen LogP contribution >= 0.6 is 0 Å². The lowest BCUT2D eigenvalue weighted by Gasteiger charge is -2.14. The lowest BCUT2D eigenvalue weighted by Crippen LogP contribution is -2.33. The van der Waals surface area contributed by atoms with E-state index in [0.29, 0.717) is 0 Å². The number of aliphatic hydroxyl groups is 1. The molecule has 1 aromatic heterocycles. The predicted molar refractivity (Wildman–Crippen MR) is 64.0 cm³/mol. The van der Waals surface area contributed by atoms with Crippen LogP contribution in [-0.2, 0) is 9.84 Å². The summed E-state index contributed by atoms with van der Waals surface area (Å²) in [7, 11) is 0. The van der Waals surface area contributed by atoms with E-state index >= 15 is 0 Å². The molecule has 0 bridgehead atoms. The monoisotopic (exact) mass is 265 g/mol. The molecule has 2 heterocycles. The van der Waals surface area contributed by atoms with Gasteiger partial charge in [0.1, 0.15) is 24.5 Å². The molecule has 1 radical (unpaired) electrons. The average molecular weight is 265 g/mol. The number of aromatic amines is 1. The van der Waals surface area contributed by atoms with Gasteiger partial charge in [-0.1, -0.05) is 5.92 Å². The van der Waals surface area contributed by atoms with E-state index in [4.69, 9.17) is 4.74 Å². The Hall–Kier alpha value is -1.88. The van der Waals surface area contributed by atoms with Crippen molar-refractivity contribution in [3.8, 4) is 11.8 Å². The second kappa shape index (κ2) is 5.40. The zero-order chi connectivity index (χ0) is 14.0. The van der Waals surface area contributed by atoms with Crippen molar-refractivity contribution in [2.24, 2.45) is 0 Å². The van der Waals surface area contributed by atoms with Crippen LogP contribution in [0.25, 0.3) is 0 Å².